The molecule has 3 aromatic carbocycles. The number of aromatic nitrogens is 1. The maximum absolute atomic E-state index is 6.30. The molecule has 0 N–H and O–H groups in total. The van der Waals surface area contributed by atoms with Crippen LogP contribution in [0.5, 0.6) is 0 Å². The van der Waals surface area contributed by atoms with Gasteiger partial charge in [0.25, 0.3) is 0 Å². The third-order valence-electron chi connectivity index (χ3n) is 9.23. The Labute approximate surface area is 244 Å². The molecular weight excluding hydrogens is 501 g/mol. The Balaban J connectivity index is 1.30. The standard InChI is InChI=1S/C37H36BNO2/c1-36(2)37(3,4)41-38(40-36)33-19-17-27(18-20-33)32-23-34(30-15-13-25-9-5-7-11-28(25)21-30)39-35(24-32)31-16-14-26-10-6-8-12-29(26)22-31/h7-8,11-24H,5-6,9-10H2,1-4H3. The maximum atomic E-state index is 6.30. The van der Waals surface area contributed by atoms with E-state index in [0.29, 0.717) is 0 Å². The second-order valence-corrected chi connectivity index (χ2v) is 12.5. The van der Waals surface area contributed by atoms with Crippen LogP contribution in [0.1, 0.15) is 62.8 Å². The Hall–Kier alpha value is -3.73. The van der Waals surface area contributed by atoms with Gasteiger partial charge in [0.2, 0.25) is 0 Å². The topological polar surface area (TPSA) is 31.4 Å². The number of fused-ring (bicyclic) bond motifs is 2. The highest BCUT2D eigenvalue weighted by Gasteiger charge is 2.51. The van der Waals surface area contributed by atoms with Crippen molar-refractivity contribution in [1.29, 1.82) is 0 Å². The highest BCUT2D eigenvalue weighted by molar-refractivity contribution is 6.62. The maximum Gasteiger partial charge on any atom is 0.494 e. The van der Waals surface area contributed by atoms with Gasteiger partial charge in [0.1, 0.15) is 0 Å². The molecule has 3 nitrogen and oxygen atoms in total. The van der Waals surface area contributed by atoms with Crippen molar-refractivity contribution in [3.05, 3.63) is 107 Å². The van der Waals surface area contributed by atoms with Crippen molar-refractivity contribution in [2.24, 2.45) is 0 Å². The van der Waals surface area contributed by atoms with Crippen LogP contribution in [0, 0.1) is 0 Å². The van der Waals surface area contributed by atoms with Gasteiger partial charge in [0.15, 0.2) is 0 Å². The molecule has 4 aromatic rings. The van der Waals surface area contributed by atoms with Gasteiger partial charge in [0.05, 0.1) is 22.6 Å². The number of benzene rings is 3. The second kappa shape index (κ2) is 9.97. The lowest BCUT2D eigenvalue weighted by atomic mass is 9.78. The molecule has 7 rings (SSSR count). The van der Waals surface area contributed by atoms with E-state index in [1.807, 2.05) is 0 Å². The van der Waals surface area contributed by atoms with Crippen molar-refractivity contribution >= 4 is 24.7 Å². The first-order chi connectivity index (χ1) is 19.8. The highest BCUT2D eigenvalue weighted by atomic mass is 16.7. The van der Waals surface area contributed by atoms with Crippen LogP contribution in [0.4, 0.5) is 0 Å². The van der Waals surface area contributed by atoms with Crippen molar-refractivity contribution in [2.75, 3.05) is 0 Å². The van der Waals surface area contributed by atoms with Gasteiger partial charge < -0.3 is 9.31 Å². The number of pyridine rings is 1. The molecule has 1 saturated heterocycles. The zero-order valence-electron chi connectivity index (χ0n) is 24.4. The van der Waals surface area contributed by atoms with Gasteiger partial charge in [-0.3, -0.25) is 0 Å². The Morgan fingerprint density at radius 2 is 1.07 bits per heavy atom. The molecule has 0 amide bonds. The number of nitrogens with zero attached hydrogens (tertiary/aromatic N) is 1. The summed E-state index contributed by atoms with van der Waals surface area (Å²) in [6.07, 6.45) is 13.4. The number of aryl methyl sites for hydroxylation is 2. The molecule has 0 unspecified atom stereocenters. The van der Waals surface area contributed by atoms with E-state index in [2.05, 4.69) is 125 Å². The van der Waals surface area contributed by atoms with Crippen LogP contribution in [0.25, 0.3) is 45.8 Å². The van der Waals surface area contributed by atoms with E-state index in [-0.39, 0.29) is 18.3 Å². The van der Waals surface area contributed by atoms with E-state index in [1.165, 1.54) is 22.3 Å². The van der Waals surface area contributed by atoms with Gasteiger partial charge in [-0.05, 0) is 116 Å². The van der Waals surface area contributed by atoms with E-state index >= 15 is 0 Å². The molecule has 0 radical (unpaired) electrons. The first-order valence-electron chi connectivity index (χ1n) is 14.8. The van der Waals surface area contributed by atoms with Crippen molar-refractivity contribution in [1.82, 2.24) is 4.98 Å². The fraction of sp³-hybridized carbons (Fsp3) is 0.270. The smallest absolute Gasteiger partial charge is 0.399 e. The number of hydrogen-bond acceptors (Lipinski definition) is 3. The van der Waals surface area contributed by atoms with Crippen molar-refractivity contribution < 1.29 is 9.31 Å². The third-order valence-corrected chi connectivity index (χ3v) is 9.23. The fourth-order valence-corrected chi connectivity index (χ4v) is 5.98. The molecule has 4 heteroatoms. The molecule has 2 aliphatic carbocycles. The summed E-state index contributed by atoms with van der Waals surface area (Å²) < 4.78 is 12.6. The zero-order valence-corrected chi connectivity index (χ0v) is 24.4. The normalized spacial score (nSPS) is 18.3. The lowest BCUT2D eigenvalue weighted by Crippen LogP contribution is -2.41. The lowest BCUT2D eigenvalue weighted by Gasteiger charge is -2.32. The predicted molar refractivity (Wildman–Crippen MR) is 171 cm³/mol. The number of hydrogen-bond donors (Lipinski definition) is 0. The molecule has 2 heterocycles. The summed E-state index contributed by atoms with van der Waals surface area (Å²) in [5, 5.41) is 0. The van der Waals surface area contributed by atoms with Crippen molar-refractivity contribution in [2.45, 2.75) is 64.6 Å². The average molecular weight is 538 g/mol. The summed E-state index contributed by atoms with van der Waals surface area (Å²) >= 11 is 0. The van der Waals surface area contributed by atoms with E-state index in [9.17, 15) is 0 Å². The van der Waals surface area contributed by atoms with E-state index in [0.717, 1.165) is 64.8 Å². The van der Waals surface area contributed by atoms with Crippen molar-refractivity contribution in [3.8, 4) is 33.6 Å². The van der Waals surface area contributed by atoms with E-state index < -0.39 is 0 Å². The molecule has 0 bridgehead atoms. The van der Waals surface area contributed by atoms with Crippen LogP contribution >= 0.6 is 0 Å². The Bertz CT molecular complexity index is 1600. The molecule has 1 fully saturated rings. The summed E-state index contributed by atoms with van der Waals surface area (Å²) in [7, 11) is -0.371. The summed E-state index contributed by atoms with van der Waals surface area (Å²) in [4.78, 5) is 5.22. The SMILES string of the molecule is CC1(C)OB(c2ccc(-c3cc(-c4ccc5c(c4)C=CCC5)nc(-c4ccc5c(c4)C=CCC5)c3)cc2)OC1(C)C. The summed E-state index contributed by atoms with van der Waals surface area (Å²) in [6.45, 7) is 8.37. The molecule has 1 aliphatic heterocycles. The largest absolute Gasteiger partial charge is 0.494 e. The summed E-state index contributed by atoms with van der Waals surface area (Å²) in [5.74, 6) is 0. The van der Waals surface area contributed by atoms with Crippen LogP contribution in [0.2, 0.25) is 0 Å². The molecule has 3 aliphatic rings. The van der Waals surface area contributed by atoms with E-state index in [4.69, 9.17) is 14.3 Å². The minimum atomic E-state index is -0.371. The minimum absolute atomic E-state index is 0.362. The monoisotopic (exact) mass is 537 g/mol. The van der Waals surface area contributed by atoms with Gasteiger partial charge in [0, 0.05) is 11.1 Å². The van der Waals surface area contributed by atoms with Crippen LogP contribution in [0.15, 0.2) is 84.9 Å². The van der Waals surface area contributed by atoms with Crippen molar-refractivity contribution in [3.63, 3.8) is 0 Å². The zero-order chi connectivity index (χ0) is 28.2. The molecule has 204 valence electrons. The van der Waals surface area contributed by atoms with Gasteiger partial charge in [-0.2, -0.15) is 0 Å². The average Bonchev–Trinajstić information content (AvgIpc) is 3.22. The molecule has 0 spiro atoms. The predicted octanol–water partition coefficient (Wildman–Crippen LogP) is 8.30. The molecule has 41 heavy (non-hydrogen) atoms. The molecule has 1 aromatic heterocycles. The highest BCUT2D eigenvalue weighted by Crippen LogP contribution is 2.37. The van der Waals surface area contributed by atoms with Crippen LogP contribution < -0.4 is 5.46 Å². The summed E-state index contributed by atoms with van der Waals surface area (Å²) in [6, 6.07) is 26.6. The first kappa shape index (κ1) is 26.2. The van der Waals surface area contributed by atoms with Gasteiger partial charge in [-0.1, -0.05) is 72.8 Å². The Morgan fingerprint density at radius 1 is 0.585 bits per heavy atom. The van der Waals surface area contributed by atoms with E-state index in [1.54, 1.807) is 0 Å². The van der Waals surface area contributed by atoms with Gasteiger partial charge in [-0.25, -0.2) is 4.98 Å². The number of allylic oxidation sites excluding steroid dienone is 2. The molecule has 0 saturated carbocycles. The van der Waals surface area contributed by atoms with Gasteiger partial charge >= 0.3 is 7.12 Å². The second-order valence-electron chi connectivity index (χ2n) is 12.5. The van der Waals surface area contributed by atoms with Crippen LogP contribution in [-0.2, 0) is 22.2 Å². The minimum Gasteiger partial charge on any atom is -0.399 e. The molecule has 0 atom stereocenters. The van der Waals surface area contributed by atoms with Crippen LogP contribution in [-0.4, -0.2) is 23.3 Å². The Kier molecular flexibility index (Phi) is 6.37. The summed E-state index contributed by atoms with van der Waals surface area (Å²) in [5.41, 5.74) is 12.3. The third kappa shape index (κ3) is 4.90. The molecular formula is C37H36BNO2. The van der Waals surface area contributed by atoms with Gasteiger partial charge in [-0.15, -0.1) is 0 Å². The lowest BCUT2D eigenvalue weighted by molar-refractivity contribution is 0.00578. The fourth-order valence-electron chi connectivity index (χ4n) is 5.98. The Morgan fingerprint density at radius 3 is 1.59 bits per heavy atom. The van der Waals surface area contributed by atoms with Crippen LogP contribution in [0.3, 0.4) is 0 Å². The number of rotatable bonds is 4. The first-order valence-corrected chi connectivity index (χ1v) is 14.8. The quantitative estimate of drug-likeness (QED) is 0.246.